The van der Waals surface area contributed by atoms with Crippen molar-refractivity contribution in [3.05, 3.63) is 70.1 Å². The standard InChI is InChI=1S/C15H18N2O/c1-12-6-5-7-13(10-12)14(16-2)11-17-9-4-3-8-15(17)18/h3-10,14,16H,11H2,1-2H3. The molecule has 0 aliphatic rings. The number of nitrogens with one attached hydrogen (secondary N) is 1. The summed E-state index contributed by atoms with van der Waals surface area (Å²) in [6, 6.07) is 13.7. The fraction of sp³-hybridized carbons (Fsp3) is 0.267. The van der Waals surface area contributed by atoms with Gasteiger partial charge in [0.25, 0.3) is 5.56 Å². The molecular formula is C15H18N2O. The van der Waals surface area contributed by atoms with Crippen molar-refractivity contribution >= 4 is 0 Å². The summed E-state index contributed by atoms with van der Waals surface area (Å²) in [4.78, 5) is 11.7. The van der Waals surface area contributed by atoms with Gasteiger partial charge in [-0.05, 0) is 25.6 Å². The van der Waals surface area contributed by atoms with Crippen LogP contribution in [0, 0.1) is 6.92 Å². The van der Waals surface area contributed by atoms with Crippen LogP contribution in [0.5, 0.6) is 0 Å². The van der Waals surface area contributed by atoms with E-state index in [-0.39, 0.29) is 11.6 Å². The van der Waals surface area contributed by atoms with Crippen molar-refractivity contribution in [1.82, 2.24) is 9.88 Å². The molecule has 3 heteroatoms. The molecule has 0 spiro atoms. The van der Waals surface area contributed by atoms with E-state index in [1.807, 2.05) is 25.4 Å². The average Bonchev–Trinajstić information content (AvgIpc) is 2.38. The minimum Gasteiger partial charge on any atom is -0.314 e. The lowest BCUT2D eigenvalue weighted by Gasteiger charge is -2.18. The molecule has 2 rings (SSSR count). The highest BCUT2D eigenvalue weighted by molar-refractivity contribution is 5.25. The summed E-state index contributed by atoms with van der Waals surface area (Å²) in [5, 5.41) is 3.26. The van der Waals surface area contributed by atoms with E-state index in [4.69, 9.17) is 0 Å². The molecule has 0 saturated heterocycles. The van der Waals surface area contributed by atoms with Gasteiger partial charge in [0.05, 0.1) is 6.04 Å². The van der Waals surface area contributed by atoms with E-state index in [2.05, 4.69) is 30.4 Å². The van der Waals surface area contributed by atoms with Crippen LogP contribution < -0.4 is 10.9 Å². The van der Waals surface area contributed by atoms with Crippen LogP contribution >= 0.6 is 0 Å². The Hall–Kier alpha value is -1.87. The van der Waals surface area contributed by atoms with Gasteiger partial charge >= 0.3 is 0 Å². The fourth-order valence-electron chi connectivity index (χ4n) is 2.06. The van der Waals surface area contributed by atoms with Crippen molar-refractivity contribution in [1.29, 1.82) is 0 Å². The van der Waals surface area contributed by atoms with Gasteiger partial charge in [0.2, 0.25) is 0 Å². The SMILES string of the molecule is CNC(Cn1ccccc1=O)c1cccc(C)c1. The van der Waals surface area contributed by atoms with Gasteiger partial charge in [0, 0.05) is 18.8 Å². The van der Waals surface area contributed by atoms with Gasteiger partial charge in [-0.3, -0.25) is 4.79 Å². The van der Waals surface area contributed by atoms with Gasteiger partial charge < -0.3 is 9.88 Å². The summed E-state index contributed by atoms with van der Waals surface area (Å²) in [5.74, 6) is 0. The molecule has 0 aliphatic heterocycles. The lowest BCUT2D eigenvalue weighted by Crippen LogP contribution is -2.27. The molecule has 0 bridgehead atoms. The van der Waals surface area contributed by atoms with Crippen LogP contribution in [0.4, 0.5) is 0 Å². The highest BCUT2D eigenvalue weighted by Crippen LogP contribution is 2.15. The van der Waals surface area contributed by atoms with Crippen LogP contribution in [0.3, 0.4) is 0 Å². The maximum atomic E-state index is 11.7. The van der Waals surface area contributed by atoms with E-state index >= 15 is 0 Å². The van der Waals surface area contributed by atoms with Crippen LogP contribution in [-0.4, -0.2) is 11.6 Å². The molecule has 18 heavy (non-hydrogen) atoms. The summed E-state index contributed by atoms with van der Waals surface area (Å²) in [7, 11) is 1.92. The number of hydrogen-bond acceptors (Lipinski definition) is 2. The van der Waals surface area contributed by atoms with Crippen LogP contribution in [0.1, 0.15) is 17.2 Å². The van der Waals surface area contributed by atoms with Gasteiger partial charge in [-0.1, -0.05) is 35.9 Å². The van der Waals surface area contributed by atoms with Crippen LogP contribution in [0.15, 0.2) is 53.5 Å². The lowest BCUT2D eigenvalue weighted by molar-refractivity contribution is 0.491. The van der Waals surface area contributed by atoms with E-state index in [0.717, 1.165) is 0 Å². The second-order valence-corrected chi connectivity index (χ2v) is 4.45. The van der Waals surface area contributed by atoms with Crippen molar-refractivity contribution in [2.24, 2.45) is 0 Å². The second-order valence-electron chi connectivity index (χ2n) is 4.45. The Bertz CT molecular complexity index is 574. The smallest absolute Gasteiger partial charge is 0.250 e. The zero-order valence-corrected chi connectivity index (χ0v) is 10.8. The largest absolute Gasteiger partial charge is 0.314 e. The molecule has 1 aromatic heterocycles. The second kappa shape index (κ2) is 5.65. The van der Waals surface area contributed by atoms with Crippen molar-refractivity contribution < 1.29 is 0 Å². The Balaban J connectivity index is 2.25. The predicted molar refractivity (Wildman–Crippen MR) is 73.7 cm³/mol. The first-order chi connectivity index (χ1) is 8.70. The third kappa shape index (κ3) is 2.87. The first kappa shape index (κ1) is 12.6. The molecule has 0 saturated carbocycles. The number of rotatable bonds is 4. The first-order valence-corrected chi connectivity index (χ1v) is 6.10. The molecule has 1 heterocycles. The molecule has 0 fully saturated rings. The monoisotopic (exact) mass is 242 g/mol. The van der Waals surface area contributed by atoms with E-state index in [1.165, 1.54) is 11.1 Å². The molecule has 3 nitrogen and oxygen atoms in total. The zero-order valence-electron chi connectivity index (χ0n) is 10.8. The summed E-state index contributed by atoms with van der Waals surface area (Å²) in [6.07, 6.45) is 1.82. The van der Waals surface area contributed by atoms with Gasteiger partial charge in [-0.15, -0.1) is 0 Å². The Morgan fingerprint density at radius 2 is 2.06 bits per heavy atom. The molecule has 94 valence electrons. The summed E-state index contributed by atoms with van der Waals surface area (Å²) in [5.41, 5.74) is 2.46. The van der Waals surface area contributed by atoms with Crippen molar-refractivity contribution in [3.63, 3.8) is 0 Å². The number of hydrogen-bond donors (Lipinski definition) is 1. The van der Waals surface area contributed by atoms with E-state index < -0.39 is 0 Å². The molecule has 0 aliphatic carbocycles. The Kier molecular flexibility index (Phi) is 3.95. The Labute approximate surface area is 107 Å². The Morgan fingerprint density at radius 1 is 1.22 bits per heavy atom. The third-order valence-corrected chi connectivity index (χ3v) is 3.07. The van der Waals surface area contributed by atoms with Gasteiger partial charge in [-0.2, -0.15) is 0 Å². The molecule has 1 aromatic carbocycles. The number of benzene rings is 1. The highest BCUT2D eigenvalue weighted by atomic mass is 16.1. The molecule has 1 unspecified atom stereocenters. The molecule has 0 radical (unpaired) electrons. The van der Waals surface area contributed by atoms with Gasteiger partial charge in [0.15, 0.2) is 0 Å². The maximum absolute atomic E-state index is 11.7. The van der Waals surface area contributed by atoms with E-state index in [1.54, 1.807) is 16.7 Å². The number of aryl methyl sites for hydroxylation is 1. The van der Waals surface area contributed by atoms with Crippen molar-refractivity contribution in [2.45, 2.75) is 19.5 Å². The average molecular weight is 242 g/mol. The van der Waals surface area contributed by atoms with E-state index in [9.17, 15) is 4.79 Å². The van der Waals surface area contributed by atoms with Crippen molar-refractivity contribution in [3.8, 4) is 0 Å². The van der Waals surface area contributed by atoms with Gasteiger partial charge in [0.1, 0.15) is 0 Å². The quantitative estimate of drug-likeness (QED) is 0.891. The van der Waals surface area contributed by atoms with Crippen LogP contribution in [0.25, 0.3) is 0 Å². The van der Waals surface area contributed by atoms with Gasteiger partial charge in [-0.25, -0.2) is 0 Å². The molecule has 0 amide bonds. The van der Waals surface area contributed by atoms with Crippen molar-refractivity contribution in [2.75, 3.05) is 7.05 Å². The number of likely N-dealkylation sites (N-methyl/N-ethyl adjacent to an activating group) is 1. The minimum absolute atomic E-state index is 0.0328. The summed E-state index contributed by atoms with van der Waals surface area (Å²) in [6.45, 7) is 2.71. The summed E-state index contributed by atoms with van der Waals surface area (Å²) >= 11 is 0. The van der Waals surface area contributed by atoms with Crippen LogP contribution in [-0.2, 0) is 6.54 Å². The number of nitrogens with zero attached hydrogens (tertiary/aromatic N) is 1. The maximum Gasteiger partial charge on any atom is 0.250 e. The normalized spacial score (nSPS) is 12.3. The number of pyridine rings is 1. The fourth-order valence-corrected chi connectivity index (χ4v) is 2.06. The third-order valence-electron chi connectivity index (χ3n) is 3.07. The first-order valence-electron chi connectivity index (χ1n) is 6.10. The highest BCUT2D eigenvalue weighted by Gasteiger charge is 2.10. The minimum atomic E-state index is 0.0328. The number of aromatic nitrogens is 1. The Morgan fingerprint density at radius 3 is 2.72 bits per heavy atom. The molecule has 2 aromatic rings. The zero-order chi connectivity index (χ0) is 13.0. The van der Waals surface area contributed by atoms with E-state index in [0.29, 0.717) is 6.54 Å². The lowest BCUT2D eigenvalue weighted by atomic mass is 10.0. The molecular weight excluding hydrogens is 224 g/mol. The molecule has 1 atom stereocenters. The topological polar surface area (TPSA) is 34.0 Å². The van der Waals surface area contributed by atoms with Crippen LogP contribution in [0.2, 0.25) is 0 Å². The summed E-state index contributed by atoms with van der Waals surface area (Å²) < 4.78 is 1.73. The predicted octanol–water partition coefficient (Wildman–Crippen LogP) is 2.12. The molecule has 1 N–H and O–H groups in total.